The van der Waals surface area contributed by atoms with Crippen LogP contribution in [0.3, 0.4) is 0 Å². The van der Waals surface area contributed by atoms with Gasteiger partial charge in [-0.2, -0.15) is 0 Å². The van der Waals surface area contributed by atoms with Crippen molar-refractivity contribution >= 4 is 29.1 Å². The molecule has 0 saturated heterocycles. The predicted octanol–water partition coefficient (Wildman–Crippen LogP) is 4.01. The third-order valence-electron chi connectivity index (χ3n) is 4.56. The molecule has 2 aromatic carbocycles. The van der Waals surface area contributed by atoms with Crippen molar-refractivity contribution in [1.82, 2.24) is 5.32 Å². The minimum Gasteiger partial charge on any atom is -0.341 e. The second kappa shape index (κ2) is 8.90. The number of carbonyl (C=O) groups is 3. The lowest BCUT2D eigenvalue weighted by atomic mass is 9.86. The Morgan fingerprint density at radius 2 is 1.55 bits per heavy atom. The van der Waals surface area contributed by atoms with E-state index in [2.05, 4.69) is 36.7 Å². The smallest absolute Gasteiger partial charge is 0.251 e. The Balaban J connectivity index is 1.99. The fourth-order valence-electron chi connectivity index (χ4n) is 2.79. The first kappa shape index (κ1) is 22.1. The zero-order chi connectivity index (χ0) is 21.8. The molecular formula is C23H29N3O3. The van der Waals surface area contributed by atoms with E-state index < -0.39 is 6.04 Å². The molecule has 0 aromatic heterocycles. The summed E-state index contributed by atoms with van der Waals surface area (Å²) in [5.74, 6) is -0.779. The number of carbonyl (C=O) groups excluding carboxylic acids is 3. The van der Waals surface area contributed by atoms with Crippen LogP contribution in [0.1, 0.15) is 56.1 Å². The van der Waals surface area contributed by atoms with E-state index in [1.807, 2.05) is 19.1 Å². The number of hydrogen-bond acceptors (Lipinski definition) is 3. The van der Waals surface area contributed by atoms with Gasteiger partial charge in [0.15, 0.2) is 0 Å². The van der Waals surface area contributed by atoms with Crippen LogP contribution >= 0.6 is 0 Å². The molecule has 2 rings (SSSR count). The molecule has 0 bridgehead atoms. The molecule has 0 saturated carbocycles. The van der Waals surface area contributed by atoms with Crippen LogP contribution in [0.2, 0.25) is 0 Å². The Morgan fingerprint density at radius 3 is 2.07 bits per heavy atom. The molecule has 0 aliphatic carbocycles. The van der Waals surface area contributed by atoms with Gasteiger partial charge in [0.1, 0.15) is 6.04 Å². The van der Waals surface area contributed by atoms with Gasteiger partial charge in [0.25, 0.3) is 5.91 Å². The summed E-state index contributed by atoms with van der Waals surface area (Å²) >= 11 is 0. The first-order chi connectivity index (χ1) is 13.5. The second-order valence-electron chi connectivity index (χ2n) is 8.22. The van der Waals surface area contributed by atoms with Crippen LogP contribution in [0.25, 0.3) is 0 Å². The fraction of sp³-hybridized carbons (Fsp3) is 0.348. The van der Waals surface area contributed by atoms with E-state index in [-0.39, 0.29) is 23.1 Å². The van der Waals surface area contributed by atoms with Crippen molar-refractivity contribution in [3.63, 3.8) is 0 Å². The van der Waals surface area contributed by atoms with E-state index in [0.717, 1.165) is 11.1 Å². The number of nitrogens with one attached hydrogen (secondary N) is 3. The minimum atomic E-state index is -0.708. The zero-order valence-corrected chi connectivity index (χ0v) is 17.8. The molecule has 0 spiro atoms. The molecule has 0 radical (unpaired) electrons. The summed E-state index contributed by atoms with van der Waals surface area (Å²) in [7, 11) is 0. The number of hydrogen-bond donors (Lipinski definition) is 3. The lowest BCUT2D eigenvalue weighted by Gasteiger charge is -2.19. The van der Waals surface area contributed by atoms with E-state index >= 15 is 0 Å². The average Bonchev–Trinajstić information content (AvgIpc) is 2.63. The van der Waals surface area contributed by atoms with Gasteiger partial charge >= 0.3 is 0 Å². The highest BCUT2D eigenvalue weighted by Gasteiger charge is 2.18. The van der Waals surface area contributed by atoms with Crippen LogP contribution in [0, 0.1) is 6.92 Å². The Bertz CT molecular complexity index is 912. The van der Waals surface area contributed by atoms with Crippen LogP contribution in [0.4, 0.5) is 11.4 Å². The Labute approximate surface area is 172 Å². The number of anilines is 2. The average molecular weight is 396 g/mol. The van der Waals surface area contributed by atoms with Crippen LogP contribution in [0.5, 0.6) is 0 Å². The topological polar surface area (TPSA) is 87.3 Å². The van der Waals surface area contributed by atoms with Gasteiger partial charge in [-0.15, -0.1) is 0 Å². The van der Waals surface area contributed by atoms with Gasteiger partial charge in [0.2, 0.25) is 11.8 Å². The highest BCUT2D eigenvalue weighted by atomic mass is 16.2. The maximum atomic E-state index is 12.4. The van der Waals surface area contributed by atoms with Gasteiger partial charge in [-0.3, -0.25) is 14.4 Å². The molecule has 3 N–H and O–H groups in total. The molecule has 1 unspecified atom stereocenters. The Morgan fingerprint density at radius 1 is 0.931 bits per heavy atom. The molecule has 3 amide bonds. The quantitative estimate of drug-likeness (QED) is 0.715. The van der Waals surface area contributed by atoms with Gasteiger partial charge in [-0.25, -0.2) is 0 Å². The van der Waals surface area contributed by atoms with Crippen LogP contribution < -0.4 is 16.0 Å². The van der Waals surface area contributed by atoms with Crippen LogP contribution in [0.15, 0.2) is 42.5 Å². The van der Waals surface area contributed by atoms with Gasteiger partial charge in [0.05, 0.1) is 0 Å². The summed E-state index contributed by atoms with van der Waals surface area (Å²) < 4.78 is 0. The van der Waals surface area contributed by atoms with Gasteiger partial charge in [-0.05, 0) is 60.7 Å². The van der Waals surface area contributed by atoms with Gasteiger partial charge in [-0.1, -0.05) is 32.9 Å². The van der Waals surface area contributed by atoms with E-state index in [1.54, 1.807) is 37.3 Å². The van der Waals surface area contributed by atoms with E-state index in [0.29, 0.717) is 16.9 Å². The molecule has 0 heterocycles. The zero-order valence-electron chi connectivity index (χ0n) is 17.8. The summed E-state index contributed by atoms with van der Waals surface area (Å²) in [6.45, 7) is 11.2. The SMILES string of the molecule is CC(=O)Nc1ccc(NC(=O)C(C)NC(=O)c2ccc(C(C)(C)C)cc2)cc1C. The second-order valence-corrected chi connectivity index (χ2v) is 8.22. The van der Waals surface area contributed by atoms with Crippen molar-refractivity contribution in [1.29, 1.82) is 0 Å². The minimum absolute atomic E-state index is 0.00972. The maximum absolute atomic E-state index is 12.4. The summed E-state index contributed by atoms with van der Waals surface area (Å²) in [4.78, 5) is 36.1. The lowest BCUT2D eigenvalue weighted by Crippen LogP contribution is -2.41. The van der Waals surface area contributed by atoms with Gasteiger partial charge in [0, 0.05) is 23.9 Å². The summed E-state index contributed by atoms with van der Waals surface area (Å²) in [5, 5.41) is 8.23. The van der Waals surface area contributed by atoms with Gasteiger partial charge < -0.3 is 16.0 Å². The van der Waals surface area contributed by atoms with Crippen molar-refractivity contribution in [2.24, 2.45) is 0 Å². The molecule has 0 aliphatic heterocycles. The monoisotopic (exact) mass is 395 g/mol. The normalized spacial score (nSPS) is 12.1. The van der Waals surface area contributed by atoms with E-state index in [9.17, 15) is 14.4 Å². The molecule has 29 heavy (non-hydrogen) atoms. The molecule has 0 aliphatic rings. The highest BCUT2D eigenvalue weighted by Crippen LogP contribution is 2.22. The number of rotatable bonds is 5. The lowest BCUT2D eigenvalue weighted by molar-refractivity contribution is -0.117. The molecular weight excluding hydrogens is 366 g/mol. The third-order valence-corrected chi connectivity index (χ3v) is 4.56. The Kier molecular flexibility index (Phi) is 6.80. The Hall–Kier alpha value is -3.15. The number of benzene rings is 2. The van der Waals surface area contributed by atoms with Crippen LogP contribution in [-0.2, 0) is 15.0 Å². The van der Waals surface area contributed by atoms with Crippen LogP contribution in [-0.4, -0.2) is 23.8 Å². The number of amides is 3. The third kappa shape index (κ3) is 6.17. The fourth-order valence-corrected chi connectivity index (χ4v) is 2.79. The standard InChI is InChI=1S/C23H29N3O3/c1-14-13-19(11-12-20(14)25-16(3)27)26-21(28)15(2)24-22(29)17-7-9-18(10-8-17)23(4,5)6/h7-13,15H,1-6H3,(H,24,29)(H,25,27)(H,26,28). The number of aryl methyl sites for hydroxylation is 1. The van der Waals surface area contributed by atoms with Crippen molar-refractivity contribution in [2.75, 3.05) is 10.6 Å². The van der Waals surface area contributed by atoms with Crippen molar-refractivity contribution < 1.29 is 14.4 Å². The molecule has 154 valence electrons. The van der Waals surface area contributed by atoms with Crippen molar-refractivity contribution in [3.05, 3.63) is 59.2 Å². The summed E-state index contributed by atoms with van der Waals surface area (Å²) in [5.41, 5.74) is 3.77. The summed E-state index contributed by atoms with van der Waals surface area (Å²) in [6, 6.07) is 11.9. The largest absolute Gasteiger partial charge is 0.341 e. The molecule has 6 heteroatoms. The maximum Gasteiger partial charge on any atom is 0.251 e. The molecule has 1 atom stereocenters. The molecule has 2 aromatic rings. The first-order valence-corrected chi connectivity index (χ1v) is 9.58. The predicted molar refractivity (Wildman–Crippen MR) is 116 cm³/mol. The molecule has 6 nitrogen and oxygen atoms in total. The van der Waals surface area contributed by atoms with Crippen molar-refractivity contribution in [2.45, 2.75) is 53.0 Å². The first-order valence-electron chi connectivity index (χ1n) is 9.58. The highest BCUT2D eigenvalue weighted by molar-refractivity contribution is 6.01. The molecule has 0 fully saturated rings. The van der Waals surface area contributed by atoms with Crippen molar-refractivity contribution in [3.8, 4) is 0 Å². The summed E-state index contributed by atoms with van der Waals surface area (Å²) in [6.07, 6.45) is 0. The van der Waals surface area contributed by atoms with E-state index in [1.165, 1.54) is 6.92 Å². The van der Waals surface area contributed by atoms with E-state index in [4.69, 9.17) is 0 Å².